The minimum Gasteiger partial charge on any atom is -0.508 e. The van der Waals surface area contributed by atoms with Gasteiger partial charge in [0.25, 0.3) is 5.91 Å². The smallest absolute Gasteiger partial charge is 0.408 e. The van der Waals surface area contributed by atoms with Gasteiger partial charge in [-0.25, -0.2) is 4.79 Å². The molecule has 0 aliphatic heterocycles. The van der Waals surface area contributed by atoms with Crippen LogP contribution in [0, 0.1) is 26.3 Å². The Bertz CT molecular complexity index is 1220. The predicted molar refractivity (Wildman–Crippen MR) is 154 cm³/mol. The second-order valence-electron chi connectivity index (χ2n) is 11.5. The third-order valence-corrected chi connectivity index (χ3v) is 7.02. The number of ether oxygens (including phenoxy) is 1. The summed E-state index contributed by atoms with van der Waals surface area (Å²) in [5, 5.41) is 15.5. The first kappa shape index (κ1) is 30.6. The molecule has 3 amide bonds. The molecule has 0 bridgehead atoms. The fourth-order valence-corrected chi connectivity index (χ4v) is 5.11. The Hall–Kier alpha value is -3.99. The number of aryl methyl sites for hydroxylation is 2. The van der Waals surface area contributed by atoms with Crippen molar-refractivity contribution in [1.29, 1.82) is 0 Å². The molecule has 2 aromatic carbocycles. The number of amides is 3. The van der Waals surface area contributed by atoms with Gasteiger partial charge in [0.05, 0.1) is 0 Å². The topological polar surface area (TPSA) is 108 Å². The number of carbonyl (C=O) groups excluding carboxylic acids is 3. The van der Waals surface area contributed by atoms with Crippen LogP contribution in [0.15, 0.2) is 42.5 Å². The maximum atomic E-state index is 14.2. The number of alkyl carbamates (subject to hydrolysis) is 1. The van der Waals surface area contributed by atoms with E-state index >= 15 is 0 Å². The molecule has 0 radical (unpaired) electrons. The summed E-state index contributed by atoms with van der Waals surface area (Å²) in [6, 6.07) is 12.2. The van der Waals surface area contributed by atoms with Crippen LogP contribution in [0.2, 0.25) is 0 Å². The SMILES string of the molecule is C#CN(C(=O)C(Cc1ccc(O)cc1)NC(=O)OC(C)(C)C)C(C(=O)NC1CCCCC1)c1c(C)cccc1C. The molecule has 2 aromatic rings. The summed E-state index contributed by atoms with van der Waals surface area (Å²) in [4.78, 5) is 42.0. The minimum atomic E-state index is -1.13. The quantitative estimate of drug-likeness (QED) is 0.317. The Morgan fingerprint density at radius 1 is 1.05 bits per heavy atom. The average molecular weight is 548 g/mol. The normalized spacial score (nSPS) is 15.3. The van der Waals surface area contributed by atoms with Gasteiger partial charge in [0.2, 0.25) is 5.91 Å². The van der Waals surface area contributed by atoms with Crippen LogP contribution in [0.25, 0.3) is 0 Å². The lowest BCUT2D eigenvalue weighted by atomic mass is 9.92. The van der Waals surface area contributed by atoms with Crippen molar-refractivity contribution in [2.24, 2.45) is 0 Å². The highest BCUT2D eigenvalue weighted by Crippen LogP contribution is 2.29. The Balaban J connectivity index is 2.01. The molecule has 1 aliphatic rings. The number of hydrogen-bond acceptors (Lipinski definition) is 5. The van der Waals surface area contributed by atoms with E-state index in [1.807, 2.05) is 32.0 Å². The molecule has 8 heteroatoms. The molecule has 1 fully saturated rings. The lowest BCUT2D eigenvalue weighted by molar-refractivity contribution is -0.139. The zero-order chi connectivity index (χ0) is 29.4. The standard InChI is InChI=1S/C32H41N3O5/c1-7-35(28(27-21(2)12-11-13-22(27)3)29(37)33-24-14-9-8-10-15-24)30(38)26(34-31(39)40-32(4,5)6)20-23-16-18-25(36)19-17-23/h1,11-13,16-19,24,26,28,36H,8-10,14-15,20H2,2-6H3,(H,33,37)(H,34,39). The van der Waals surface area contributed by atoms with Gasteiger partial charge in [-0.05, 0) is 81.8 Å². The van der Waals surface area contributed by atoms with Crippen molar-refractivity contribution in [3.8, 4) is 18.2 Å². The van der Waals surface area contributed by atoms with E-state index in [0.29, 0.717) is 11.1 Å². The van der Waals surface area contributed by atoms with Crippen molar-refractivity contribution < 1.29 is 24.2 Å². The number of benzene rings is 2. The molecule has 0 aromatic heterocycles. The van der Waals surface area contributed by atoms with E-state index < -0.39 is 29.7 Å². The second-order valence-corrected chi connectivity index (χ2v) is 11.5. The lowest BCUT2D eigenvalue weighted by Gasteiger charge is -2.33. The summed E-state index contributed by atoms with van der Waals surface area (Å²) < 4.78 is 5.43. The van der Waals surface area contributed by atoms with Crippen molar-refractivity contribution in [3.63, 3.8) is 0 Å². The molecular weight excluding hydrogens is 506 g/mol. The fourth-order valence-electron chi connectivity index (χ4n) is 5.11. The van der Waals surface area contributed by atoms with Crippen molar-refractivity contribution in [3.05, 3.63) is 64.7 Å². The largest absolute Gasteiger partial charge is 0.508 e. The van der Waals surface area contributed by atoms with Crippen LogP contribution in [0.4, 0.5) is 4.79 Å². The predicted octanol–water partition coefficient (Wildman–Crippen LogP) is 5.05. The molecule has 3 rings (SSSR count). The van der Waals surface area contributed by atoms with Crippen molar-refractivity contribution >= 4 is 17.9 Å². The number of hydrogen-bond donors (Lipinski definition) is 3. The molecule has 8 nitrogen and oxygen atoms in total. The highest BCUT2D eigenvalue weighted by atomic mass is 16.6. The van der Waals surface area contributed by atoms with Gasteiger partial charge < -0.3 is 20.5 Å². The molecule has 2 atom stereocenters. The number of rotatable bonds is 8. The number of carbonyl (C=O) groups is 3. The minimum absolute atomic E-state index is 0.00971. The Morgan fingerprint density at radius 2 is 1.65 bits per heavy atom. The molecule has 1 aliphatic carbocycles. The fraction of sp³-hybridized carbons (Fsp3) is 0.469. The first-order valence-electron chi connectivity index (χ1n) is 13.8. The summed E-state index contributed by atoms with van der Waals surface area (Å²) in [7, 11) is 0. The van der Waals surface area contributed by atoms with E-state index in [9.17, 15) is 19.5 Å². The number of aromatic hydroxyl groups is 1. The van der Waals surface area contributed by atoms with Crippen LogP contribution in [0.1, 0.15) is 81.2 Å². The molecule has 214 valence electrons. The third-order valence-electron chi connectivity index (χ3n) is 7.02. The monoisotopic (exact) mass is 547 g/mol. The molecule has 0 heterocycles. The molecule has 1 saturated carbocycles. The van der Waals surface area contributed by atoms with E-state index in [0.717, 1.165) is 48.1 Å². The number of nitrogens with one attached hydrogen (secondary N) is 2. The highest BCUT2D eigenvalue weighted by Gasteiger charge is 2.38. The van der Waals surface area contributed by atoms with Gasteiger partial charge in [0.1, 0.15) is 23.4 Å². The van der Waals surface area contributed by atoms with Gasteiger partial charge in [-0.1, -0.05) is 56.0 Å². The van der Waals surface area contributed by atoms with Crippen molar-refractivity contribution in [2.75, 3.05) is 0 Å². The third kappa shape index (κ3) is 8.25. The molecular formula is C32H41N3O5. The highest BCUT2D eigenvalue weighted by molar-refractivity contribution is 5.94. The van der Waals surface area contributed by atoms with Crippen molar-refractivity contribution in [1.82, 2.24) is 15.5 Å². The first-order chi connectivity index (χ1) is 18.9. The number of nitrogens with zero attached hydrogens (tertiary/aromatic N) is 1. The van der Waals surface area contributed by atoms with Gasteiger partial charge in [0.15, 0.2) is 0 Å². The first-order valence-corrected chi connectivity index (χ1v) is 13.8. The van der Waals surface area contributed by atoms with Crippen LogP contribution in [-0.4, -0.2) is 45.6 Å². The lowest BCUT2D eigenvalue weighted by Crippen LogP contribution is -2.53. The maximum Gasteiger partial charge on any atom is 0.408 e. The van der Waals surface area contributed by atoms with Gasteiger partial charge in [-0.2, -0.15) is 0 Å². The molecule has 2 unspecified atom stereocenters. The number of phenolic OH excluding ortho intramolecular Hbond substituents is 1. The van der Waals surface area contributed by atoms with E-state index in [1.165, 1.54) is 12.1 Å². The van der Waals surface area contributed by atoms with Crippen LogP contribution in [0.5, 0.6) is 5.75 Å². The Labute approximate surface area is 237 Å². The van der Waals surface area contributed by atoms with Crippen LogP contribution >= 0.6 is 0 Å². The van der Waals surface area contributed by atoms with Gasteiger partial charge in [-0.15, -0.1) is 0 Å². The zero-order valence-electron chi connectivity index (χ0n) is 24.1. The van der Waals surface area contributed by atoms with Gasteiger partial charge >= 0.3 is 6.09 Å². The summed E-state index contributed by atoms with van der Waals surface area (Å²) in [6.45, 7) is 8.95. The molecule has 0 saturated heterocycles. The van der Waals surface area contributed by atoms with Crippen LogP contribution < -0.4 is 10.6 Å². The molecule has 40 heavy (non-hydrogen) atoms. The Morgan fingerprint density at radius 3 is 2.20 bits per heavy atom. The van der Waals surface area contributed by atoms with E-state index in [1.54, 1.807) is 32.9 Å². The summed E-state index contributed by atoms with van der Waals surface area (Å²) >= 11 is 0. The van der Waals surface area contributed by atoms with E-state index in [-0.39, 0.29) is 24.1 Å². The number of phenols is 1. The average Bonchev–Trinajstić information content (AvgIpc) is 2.88. The summed E-state index contributed by atoms with van der Waals surface area (Å²) in [5.74, 6) is -0.893. The summed E-state index contributed by atoms with van der Waals surface area (Å²) in [5.41, 5.74) is 2.20. The molecule has 0 spiro atoms. The number of terminal acetylenes is 1. The van der Waals surface area contributed by atoms with E-state index in [4.69, 9.17) is 11.2 Å². The van der Waals surface area contributed by atoms with Gasteiger partial charge in [-0.3, -0.25) is 14.5 Å². The zero-order valence-corrected chi connectivity index (χ0v) is 24.1. The van der Waals surface area contributed by atoms with Crippen molar-refractivity contribution in [2.45, 2.75) is 96.9 Å². The van der Waals surface area contributed by atoms with Gasteiger partial charge in [0, 0.05) is 18.5 Å². The maximum absolute atomic E-state index is 14.2. The molecule has 3 N–H and O–H groups in total. The Kier molecular flexibility index (Phi) is 10.2. The van der Waals surface area contributed by atoms with Crippen LogP contribution in [-0.2, 0) is 20.7 Å². The second kappa shape index (κ2) is 13.4. The summed E-state index contributed by atoms with van der Waals surface area (Å²) in [6.07, 6.45) is 10.2. The van der Waals surface area contributed by atoms with Crippen LogP contribution in [0.3, 0.4) is 0 Å². The van der Waals surface area contributed by atoms with E-state index in [2.05, 4.69) is 16.7 Å².